The first-order valence-electron chi connectivity index (χ1n) is 3.30. The molecule has 0 rings (SSSR count). The van der Waals surface area contributed by atoms with Crippen molar-refractivity contribution < 1.29 is 9.90 Å². The minimum atomic E-state index is -0.572. The standard InChI is InChI=1S/C6H14N2O2/c1-3-5(2)8(4-9)6(7)10/h5,9H,3-4H2,1-2H3,(H2,7,10). The Morgan fingerprint density at radius 3 is 2.40 bits per heavy atom. The van der Waals surface area contributed by atoms with Crippen LogP contribution in [0.4, 0.5) is 4.79 Å². The van der Waals surface area contributed by atoms with Crippen LogP contribution in [0.25, 0.3) is 0 Å². The second-order valence-electron chi connectivity index (χ2n) is 2.21. The SMILES string of the molecule is CCC(C)N(CO)C(N)=O. The van der Waals surface area contributed by atoms with Crippen LogP contribution in [0.5, 0.6) is 0 Å². The van der Waals surface area contributed by atoms with Crippen LogP contribution < -0.4 is 5.73 Å². The molecule has 4 heteroatoms. The number of hydrogen-bond acceptors (Lipinski definition) is 2. The number of carbonyl (C=O) groups excluding carboxylic acids is 1. The second-order valence-corrected chi connectivity index (χ2v) is 2.21. The van der Waals surface area contributed by atoms with E-state index in [9.17, 15) is 4.79 Å². The van der Waals surface area contributed by atoms with Crippen LogP contribution >= 0.6 is 0 Å². The molecule has 0 spiro atoms. The van der Waals surface area contributed by atoms with Crippen molar-refractivity contribution in [3.63, 3.8) is 0 Å². The topological polar surface area (TPSA) is 66.6 Å². The normalized spacial score (nSPS) is 12.7. The number of aliphatic hydroxyl groups is 1. The van der Waals surface area contributed by atoms with Gasteiger partial charge in [0.15, 0.2) is 0 Å². The van der Waals surface area contributed by atoms with E-state index in [0.717, 1.165) is 6.42 Å². The van der Waals surface area contributed by atoms with Crippen LogP contribution in [-0.2, 0) is 0 Å². The van der Waals surface area contributed by atoms with E-state index in [-0.39, 0.29) is 12.8 Å². The van der Waals surface area contributed by atoms with Crippen molar-refractivity contribution in [3.05, 3.63) is 0 Å². The smallest absolute Gasteiger partial charge is 0.316 e. The van der Waals surface area contributed by atoms with Gasteiger partial charge in [-0.25, -0.2) is 4.79 Å². The van der Waals surface area contributed by atoms with Crippen molar-refractivity contribution in [1.82, 2.24) is 4.90 Å². The fourth-order valence-electron chi connectivity index (χ4n) is 0.647. The summed E-state index contributed by atoms with van der Waals surface area (Å²) in [6.07, 6.45) is 0.795. The predicted molar refractivity (Wildman–Crippen MR) is 38.3 cm³/mol. The van der Waals surface area contributed by atoms with E-state index in [1.807, 2.05) is 13.8 Å². The van der Waals surface area contributed by atoms with Crippen molar-refractivity contribution in [2.45, 2.75) is 26.3 Å². The fourth-order valence-corrected chi connectivity index (χ4v) is 0.647. The number of nitrogens with zero attached hydrogens (tertiary/aromatic N) is 1. The molecule has 0 saturated carbocycles. The molecule has 0 aliphatic carbocycles. The Balaban J connectivity index is 3.92. The highest BCUT2D eigenvalue weighted by molar-refractivity contribution is 5.72. The van der Waals surface area contributed by atoms with Gasteiger partial charge >= 0.3 is 6.03 Å². The zero-order chi connectivity index (χ0) is 8.15. The predicted octanol–water partition coefficient (Wildman–Crippen LogP) is 0.115. The molecule has 0 aliphatic heterocycles. The molecule has 3 N–H and O–H groups in total. The molecule has 60 valence electrons. The summed E-state index contributed by atoms with van der Waals surface area (Å²) >= 11 is 0. The number of carbonyl (C=O) groups is 1. The van der Waals surface area contributed by atoms with Gasteiger partial charge in [0.2, 0.25) is 0 Å². The number of aliphatic hydroxyl groups excluding tert-OH is 1. The van der Waals surface area contributed by atoms with Gasteiger partial charge in [0.1, 0.15) is 6.73 Å². The highest BCUT2D eigenvalue weighted by Crippen LogP contribution is 2.00. The average Bonchev–Trinajstić information content (AvgIpc) is 1.88. The van der Waals surface area contributed by atoms with E-state index in [1.54, 1.807) is 0 Å². The van der Waals surface area contributed by atoms with Crippen LogP contribution in [0.1, 0.15) is 20.3 Å². The van der Waals surface area contributed by atoms with Gasteiger partial charge in [0.25, 0.3) is 0 Å². The lowest BCUT2D eigenvalue weighted by atomic mass is 10.2. The third kappa shape index (κ3) is 2.23. The summed E-state index contributed by atoms with van der Waals surface area (Å²) in [6, 6.07) is -0.556. The molecule has 0 radical (unpaired) electrons. The maximum absolute atomic E-state index is 10.5. The Bertz CT molecular complexity index is 116. The number of urea groups is 1. The van der Waals surface area contributed by atoms with Gasteiger partial charge in [-0.05, 0) is 13.3 Å². The lowest BCUT2D eigenvalue weighted by Gasteiger charge is -2.23. The number of amides is 2. The maximum atomic E-state index is 10.5. The Hall–Kier alpha value is -0.770. The third-order valence-corrected chi connectivity index (χ3v) is 1.56. The summed E-state index contributed by atoms with van der Waals surface area (Å²) in [6.45, 7) is 3.46. The van der Waals surface area contributed by atoms with Gasteiger partial charge in [-0.3, -0.25) is 4.90 Å². The van der Waals surface area contributed by atoms with E-state index in [2.05, 4.69) is 0 Å². The summed E-state index contributed by atoms with van der Waals surface area (Å²) in [4.78, 5) is 11.7. The van der Waals surface area contributed by atoms with E-state index in [1.165, 1.54) is 4.90 Å². The van der Waals surface area contributed by atoms with Crippen molar-refractivity contribution in [2.75, 3.05) is 6.73 Å². The Morgan fingerprint density at radius 1 is 1.80 bits per heavy atom. The molecular weight excluding hydrogens is 132 g/mol. The first-order chi connectivity index (χ1) is 4.63. The molecule has 0 saturated heterocycles. The Labute approximate surface area is 60.6 Å². The molecule has 0 aromatic rings. The Morgan fingerprint density at radius 2 is 2.30 bits per heavy atom. The van der Waals surface area contributed by atoms with Crippen molar-refractivity contribution >= 4 is 6.03 Å². The monoisotopic (exact) mass is 146 g/mol. The van der Waals surface area contributed by atoms with Crippen molar-refractivity contribution in [3.8, 4) is 0 Å². The fraction of sp³-hybridized carbons (Fsp3) is 0.833. The number of nitrogens with two attached hydrogens (primary N) is 1. The Kier molecular flexibility index (Phi) is 3.79. The summed E-state index contributed by atoms with van der Waals surface area (Å²) in [7, 11) is 0. The number of hydrogen-bond donors (Lipinski definition) is 2. The summed E-state index contributed by atoms with van der Waals surface area (Å²) in [5, 5.41) is 8.62. The van der Waals surface area contributed by atoms with Crippen LogP contribution in [0, 0.1) is 0 Å². The summed E-state index contributed by atoms with van der Waals surface area (Å²) in [5.41, 5.74) is 4.95. The van der Waals surface area contributed by atoms with E-state index in [0.29, 0.717) is 0 Å². The lowest BCUT2D eigenvalue weighted by molar-refractivity contribution is 0.101. The van der Waals surface area contributed by atoms with Gasteiger partial charge in [-0.15, -0.1) is 0 Å². The lowest BCUT2D eigenvalue weighted by Crippen LogP contribution is -2.42. The first kappa shape index (κ1) is 9.23. The first-order valence-corrected chi connectivity index (χ1v) is 3.30. The molecule has 1 unspecified atom stereocenters. The maximum Gasteiger partial charge on any atom is 0.316 e. The zero-order valence-electron chi connectivity index (χ0n) is 6.37. The highest BCUT2D eigenvalue weighted by Gasteiger charge is 2.13. The molecule has 1 atom stereocenters. The van der Waals surface area contributed by atoms with Crippen LogP contribution in [-0.4, -0.2) is 28.8 Å². The molecule has 0 aromatic heterocycles. The van der Waals surface area contributed by atoms with Crippen LogP contribution in [0.2, 0.25) is 0 Å². The summed E-state index contributed by atoms with van der Waals surface area (Å²) in [5.74, 6) is 0. The van der Waals surface area contributed by atoms with Crippen LogP contribution in [0.3, 0.4) is 0 Å². The number of rotatable bonds is 3. The highest BCUT2D eigenvalue weighted by atomic mass is 16.3. The minimum absolute atomic E-state index is 0.0162. The molecule has 0 aromatic carbocycles. The molecule has 0 fully saturated rings. The average molecular weight is 146 g/mol. The minimum Gasteiger partial charge on any atom is -0.376 e. The van der Waals surface area contributed by atoms with Crippen molar-refractivity contribution in [1.29, 1.82) is 0 Å². The molecular formula is C6H14N2O2. The van der Waals surface area contributed by atoms with Gasteiger partial charge < -0.3 is 10.8 Å². The molecule has 0 bridgehead atoms. The van der Waals surface area contributed by atoms with Gasteiger partial charge in [-0.2, -0.15) is 0 Å². The van der Waals surface area contributed by atoms with E-state index >= 15 is 0 Å². The second kappa shape index (κ2) is 4.11. The van der Waals surface area contributed by atoms with E-state index < -0.39 is 6.03 Å². The van der Waals surface area contributed by atoms with Crippen molar-refractivity contribution in [2.24, 2.45) is 5.73 Å². The molecule has 0 aliphatic rings. The molecule has 0 heterocycles. The van der Waals surface area contributed by atoms with Gasteiger partial charge in [-0.1, -0.05) is 6.92 Å². The van der Waals surface area contributed by atoms with Gasteiger partial charge in [0, 0.05) is 6.04 Å². The van der Waals surface area contributed by atoms with Gasteiger partial charge in [0.05, 0.1) is 0 Å². The van der Waals surface area contributed by atoms with E-state index in [4.69, 9.17) is 10.8 Å². The zero-order valence-corrected chi connectivity index (χ0v) is 6.37. The summed E-state index contributed by atoms with van der Waals surface area (Å²) < 4.78 is 0. The third-order valence-electron chi connectivity index (χ3n) is 1.56. The quantitative estimate of drug-likeness (QED) is 0.555. The van der Waals surface area contributed by atoms with Crippen LogP contribution in [0.15, 0.2) is 0 Å². The largest absolute Gasteiger partial charge is 0.376 e. The number of primary amides is 1. The molecule has 2 amide bonds. The molecule has 10 heavy (non-hydrogen) atoms. The molecule has 4 nitrogen and oxygen atoms in total.